The number of hydrogen-bond donors (Lipinski definition) is 1. The molecule has 0 saturated carbocycles. The highest BCUT2D eigenvalue weighted by atomic mass is 32.1. The monoisotopic (exact) mass is 419 g/mol. The van der Waals surface area contributed by atoms with Gasteiger partial charge in [-0.2, -0.15) is 0 Å². The molecule has 0 aliphatic rings. The first-order valence-electron chi connectivity index (χ1n) is 8.53. The van der Waals surface area contributed by atoms with Crippen LogP contribution in [-0.2, 0) is 19.0 Å². The molecular formula is C20H21NO7S. The number of ether oxygens (including phenoxy) is 3. The lowest BCUT2D eigenvalue weighted by molar-refractivity contribution is -0.119. The van der Waals surface area contributed by atoms with Crippen LogP contribution >= 0.6 is 11.3 Å². The molecule has 154 valence electrons. The summed E-state index contributed by atoms with van der Waals surface area (Å²) in [4.78, 5) is 48.5. The van der Waals surface area contributed by atoms with E-state index in [9.17, 15) is 19.2 Å². The van der Waals surface area contributed by atoms with Crippen LogP contribution in [0.15, 0.2) is 18.2 Å². The van der Waals surface area contributed by atoms with Gasteiger partial charge in [0.2, 0.25) is 0 Å². The van der Waals surface area contributed by atoms with Crippen molar-refractivity contribution in [3.8, 4) is 0 Å². The van der Waals surface area contributed by atoms with E-state index in [0.29, 0.717) is 11.1 Å². The Morgan fingerprint density at radius 1 is 0.931 bits per heavy atom. The molecule has 0 radical (unpaired) electrons. The normalized spacial score (nSPS) is 10.2. The Labute approximate surface area is 171 Å². The number of thiophene rings is 1. The fourth-order valence-electron chi connectivity index (χ4n) is 2.48. The van der Waals surface area contributed by atoms with Gasteiger partial charge in [0, 0.05) is 0 Å². The van der Waals surface area contributed by atoms with Crippen LogP contribution in [0.25, 0.3) is 0 Å². The third kappa shape index (κ3) is 5.00. The van der Waals surface area contributed by atoms with Crippen LogP contribution in [0.2, 0.25) is 0 Å². The van der Waals surface area contributed by atoms with Gasteiger partial charge in [0.1, 0.15) is 9.88 Å². The number of carbonyl (C=O) groups is 4. The van der Waals surface area contributed by atoms with Crippen molar-refractivity contribution in [3.05, 3.63) is 50.9 Å². The molecule has 0 saturated heterocycles. The van der Waals surface area contributed by atoms with Gasteiger partial charge in [-0.3, -0.25) is 4.79 Å². The second-order valence-corrected chi connectivity index (χ2v) is 7.19. The summed E-state index contributed by atoms with van der Waals surface area (Å²) in [6.45, 7) is 4.77. The van der Waals surface area contributed by atoms with Gasteiger partial charge in [0.15, 0.2) is 6.61 Å². The zero-order valence-corrected chi connectivity index (χ0v) is 17.5. The number of carbonyl (C=O) groups excluding carboxylic acids is 4. The number of amides is 1. The summed E-state index contributed by atoms with van der Waals surface area (Å²) in [7, 11) is 2.40. The summed E-state index contributed by atoms with van der Waals surface area (Å²) in [6.07, 6.45) is 0. The largest absolute Gasteiger partial charge is 0.465 e. The summed E-state index contributed by atoms with van der Waals surface area (Å²) in [5.74, 6) is -2.66. The molecule has 8 nitrogen and oxygen atoms in total. The van der Waals surface area contributed by atoms with Crippen molar-refractivity contribution >= 4 is 40.2 Å². The maximum atomic E-state index is 12.2. The minimum Gasteiger partial charge on any atom is -0.465 e. The number of anilines is 1. The highest BCUT2D eigenvalue weighted by Gasteiger charge is 2.27. The van der Waals surface area contributed by atoms with E-state index in [1.165, 1.54) is 14.2 Å². The van der Waals surface area contributed by atoms with E-state index in [0.717, 1.165) is 22.5 Å². The van der Waals surface area contributed by atoms with Crippen molar-refractivity contribution in [2.24, 2.45) is 0 Å². The summed E-state index contributed by atoms with van der Waals surface area (Å²) < 4.78 is 14.4. The minimum absolute atomic E-state index is 0.0479. The van der Waals surface area contributed by atoms with Crippen LogP contribution < -0.4 is 5.32 Å². The van der Waals surface area contributed by atoms with Crippen molar-refractivity contribution in [2.45, 2.75) is 20.8 Å². The van der Waals surface area contributed by atoms with Gasteiger partial charge in [0.25, 0.3) is 5.91 Å². The molecule has 0 unspecified atom stereocenters. The van der Waals surface area contributed by atoms with Gasteiger partial charge in [-0.05, 0) is 49.6 Å². The van der Waals surface area contributed by atoms with Gasteiger partial charge in [-0.15, -0.1) is 11.3 Å². The van der Waals surface area contributed by atoms with Gasteiger partial charge in [-0.1, -0.05) is 6.07 Å². The Kier molecular flexibility index (Phi) is 7.11. The van der Waals surface area contributed by atoms with E-state index in [-0.39, 0.29) is 15.4 Å². The molecule has 0 spiro atoms. The van der Waals surface area contributed by atoms with Gasteiger partial charge in [0.05, 0.1) is 25.3 Å². The van der Waals surface area contributed by atoms with Crippen molar-refractivity contribution in [1.82, 2.24) is 0 Å². The van der Waals surface area contributed by atoms with Crippen LogP contribution in [0.4, 0.5) is 5.00 Å². The maximum Gasteiger partial charge on any atom is 0.348 e. The molecule has 2 aromatic rings. The predicted octanol–water partition coefficient (Wildman–Crippen LogP) is 3.04. The van der Waals surface area contributed by atoms with E-state index in [1.807, 2.05) is 13.8 Å². The van der Waals surface area contributed by atoms with E-state index in [2.05, 4.69) is 10.1 Å². The number of benzene rings is 1. The third-order valence-electron chi connectivity index (χ3n) is 4.24. The topological polar surface area (TPSA) is 108 Å². The number of nitrogens with one attached hydrogen (secondary N) is 1. The molecule has 0 aliphatic carbocycles. The molecule has 0 atom stereocenters. The van der Waals surface area contributed by atoms with Crippen molar-refractivity contribution in [3.63, 3.8) is 0 Å². The fourth-order valence-corrected chi connectivity index (χ4v) is 3.61. The minimum atomic E-state index is -0.712. The molecule has 29 heavy (non-hydrogen) atoms. The Morgan fingerprint density at radius 2 is 1.59 bits per heavy atom. The number of hydrogen-bond acceptors (Lipinski definition) is 8. The summed E-state index contributed by atoms with van der Waals surface area (Å²) in [5, 5.41) is 2.60. The van der Waals surface area contributed by atoms with Crippen LogP contribution in [-0.4, -0.2) is 44.6 Å². The lowest BCUT2D eigenvalue weighted by Gasteiger charge is -2.08. The molecule has 1 heterocycles. The molecule has 0 bridgehead atoms. The fraction of sp³-hybridized carbons (Fsp3) is 0.300. The van der Waals surface area contributed by atoms with Crippen molar-refractivity contribution in [1.29, 1.82) is 0 Å². The zero-order chi connectivity index (χ0) is 21.7. The Morgan fingerprint density at radius 3 is 2.17 bits per heavy atom. The zero-order valence-electron chi connectivity index (χ0n) is 16.7. The number of methoxy groups -OCH3 is 2. The van der Waals surface area contributed by atoms with Crippen LogP contribution in [0, 0.1) is 20.8 Å². The predicted molar refractivity (Wildman–Crippen MR) is 107 cm³/mol. The number of rotatable bonds is 6. The maximum absolute atomic E-state index is 12.2. The Balaban J connectivity index is 2.13. The molecule has 0 fully saturated rings. The molecule has 9 heteroatoms. The first-order chi connectivity index (χ1) is 13.7. The Bertz CT molecular complexity index is 977. The average molecular weight is 419 g/mol. The second kappa shape index (κ2) is 9.33. The third-order valence-corrected chi connectivity index (χ3v) is 5.42. The van der Waals surface area contributed by atoms with E-state index >= 15 is 0 Å². The van der Waals surface area contributed by atoms with E-state index in [4.69, 9.17) is 9.47 Å². The highest BCUT2D eigenvalue weighted by molar-refractivity contribution is 7.18. The molecular weight excluding hydrogens is 398 g/mol. The summed E-state index contributed by atoms with van der Waals surface area (Å²) in [5.41, 5.74) is 2.67. The van der Waals surface area contributed by atoms with Crippen LogP contribution in [0.1, 0.15) is 47.1 Å². The lowest BCUT2D eigenvalue weighted by Crippen LogP contribution is -2.21. The first-order valence-corrected chi connectivity index (χ1v) is 9.35. The van der Waals surface area contributed by atoms with E-state index in [1.54, 1.807) is 25.1 Å². The van der Waals surface area contributed by atoms with Gasteiger partial charge >= 0.3 is 17.9 Å². The number of esters is 3. The van der Waals surface area contributed by atoms with Gasteiger partial charge < -0.3 is 19.5 Å². The standard InChI is InChI=1S/C20H21NO7S/c1-10-6-7-13(8-11(10)2)18(23)28-9-14(22)21-17-15(19(24)26-4)12(3)16(29-17)20(25)27-5/h6-8H,9H2,1-5H3,(H,21,22). The van der Waals surface area contributed by atoms with Crippen LogP contribution in [0.3, 0.4) is 0 Å². The molecule has 2 rings (SSSR count). The van der Waals surface area contributed by atoms with Crippen molar-refractivity contribution in [2.75, 3.05) is 26.1 Å². The smallest absolute Gasteiger partial charge is 0.348 e. The summed E-state index contributed by atoms with van der Waals surface area (Å²) >= 11 is 0.877. The second-order valence-electron chi connectivity index (χ2n) is 6.17. The Hall–Kier alpha value is -3.20. The summed E-state index contributed by atoms with van der Waals surface area (Å²) in [6, 6.07) is 5.08. The molecule has 1 aromatic carbocycles. The number of aryl methyl sites for hydroxylation is 2. The molecule has 1 N–H and O–H groups in total. The highest BCUT2D eigenvalue weighted by Crippen LogP contribution is 2.34. The van der Waals surface area contributed by atoms with Crippen LogP contribution in [0.5, 0.6) is 0 Å². The molecule has 1 amide bonds. The van der Waals surface area contributed by atoms with E-state index < -0.39 is 30.4 Å². The molecule has 0 aliphatic heterocycles. The van der Waals surface area contributed by atoms with Crippen molar-refractivity contribution < 1.29 is 33.4 Å². The molecule has 1 aromatic heterocycles. The quantitative estimate of drug-likeness (QED) is 0.566. The lowest BCUT2D eigenvalue weighted by atomic mass is 10.1. The first kappa shape index (κ1) is 22.1. The average Bonchev–Trinajstić information content (AvgIpc) is 3.02. The van der Waals surface area contributed by atoms with Gasteiger partial charge in [-0.25, -0.2) is 14.4 Å². The SMILES string of the molecule is COC(=O)c1sc(NC(=O)COC(=O)c2ccc(C)c(C)c2)c(C(=O)OC)c1C.